The number of hydrazine groups is 1. The lowest BCUT2D eigenvalue weighted by molar-refractivity contribution is -0.117. The number of nitrogens with zero attached hydrogens (tertiary/aromatic N) is 3. The first-order chi connectivity index (χ1) is 15.5. The average molecular weight is 428 g/mol. The highest BCUT2D eigenvalue weighted by Gasteiger charge is 2.35. The number of nitrogens with one attached hydrogen (secondary N) is 2. The fourth-order valence-corrected chi connectivity index (χ4v) is 4.68. The van der Waals surface area contributed by atoms with Crippen molar-refractivity contribution >= 4 is 11.6 Å². The molecule has 1 saturated carbocycles. The molecule has 2 fully saturated rings. The van der Waals surface area contributed by atoms with Crippen LogP contribution >= 0.6 is 0 Å². The highest BCUT2D eigenvalue weighted by Crippen LogP contribution is 2.35. The molecule has 2 aromatic rings. The van der Waals surface area contributed by atoms with Crippen molar-refractivity contribution in [3.8, 4) is 6.07 Å². The first-order valence-electron chi connectivity index (χ1n) is 11.4. The minimum atomic E-state index is 0.0393. The number of rotatable bonds is 5. The Kier molecular flexibility index (Phi) is 5.46. The van der Waals surface area contributed by atoms with Crippen LogP contribution in [0.4, 0.5) is 5.69 Å². The van der Waals surface area contributed by atoms with Gasteiger partial charge in [-0.3, -0.25) is 9.69 Å². The molecule has 0 spiro atoms. The van der Waals surface area contributed by atoms with Crippen molar-refractivity contribution in [1.82, 2.24) is 15.3 Å². The van der Waals surface area contributed by atoms with E-state index in [2.05, 4.69) is 64.8 Å². The van der Waals surface area contributed by atoms with Gasteiger partial charge >= 0.3 is 0 Å². The van der Waals surface area contributed by atoms with Crippen LogP contribution in [0.5, 0.6) is 0 Å². The number of nitriles is 1. The maximum Gasteiger partial charge on any atom is 0.227 e. The molecule has 2 N–H and O–H groups in total. The number of hydrogen-bond acceptors (Lipinski definition) is 5. The predicted molar refractivity (Wildman–Crippen MR) is 124 cm³/mol. The topological polar surface area (TPSA) is 71.4 Å². The highest BCUT2D eigenvalue weighted by atomic mass is 16.2. The SMILES string of the molecule is Cc1ccc(C2C=C3CN(Cc4ccc(C#N)cc4)CC(C)N3N2)c(NC(=O)C2CC2)c1. The van der Waals surface area contributed by atoms with Crippen LogP contribution in [0, 0.1) is 24.2 Å². The van der Waals surface area contributed by atoms with Crippen molar-refractivity contribution in [3.05, 3.63) is 76.5 Å². The summed E-state index contributed by atoms with van der Waals surface area (Å²) in [4.78, 5) is 14.9. The second kappa shape index (κ2) is 8.42. The first-order valence-corrected chi connectivity index (χ1v) is 11.4. The summed E-state index contributed by atoms with van der Waals surface area (Å²) in [5.41, 5.74) is 10.0. The molecule has 6 nitrogen and oxygen atoms in total. The number of aryl methyl sites for hydroxylation is 1. The zero-order valence-electron chi connectivity index (χ0n) is 18.6. The van der Waals surface area contributed by atoms with E-state index in [1.807, 2.05) is 24.3 Å². The van der Waals surface area contributed by atoms with Crippen LogP contribution in [0.3, 0.4) is 0 Å². The van der Waals surface area contributed by atoms with Gasteiger partial charge in [-0.25, -0.2) is 5.43 Å². The molecule has 0 aromatic heterocycles. The fraction of sp³-hybridized carbons (Fsp3) is 0.385. The normalized spacial score (nSPS) is 22.8. The van der Waals surface area contributed by atoms with Crippen LogP contribution in [0.15, 0.2) is 54.2 Å². The van der Waals surface area contributed by atoms with E-state index in [0.29, 0.717) is 11.6 Å². The van der Waals surface area contributed by atoms with Crippen LogP contribution in [-0.2, 0) is 11.3 Å². The molecule has 2 unspecified atom stereocenters. The lowest BCUT2D eigenvalue weighted by Crippen LogP contribution is -2.52. The minimum absolute atomic E-state index is 0.0393. The van der Waals surface area contributed by atoms with Gasteiger partial charge in [0.05, 0.1) is 23.7 Å². The Balaban J connectivity index is 1.33. The van der Waals surface area contributed by atoms with Crippen molar-refractivity contribution in [2.45, 2.75) is 45.3 Å². The molecule has 1 amide bonds. The van der Waals surface area contributed by atoms with Crippen LogP contribution in [-0.4, -0.2) is 34.9 Å². The fourth-order valence-electron chi connectivity index (χ4n) is 4.68. The smallest absolute Gasteiger partial charge is 0.227 e. The van der Waals surface area contributed by atoms with Crippen LogP contribution < -0.4 is 10.7 Å². The molecular formula is C26H29N5O. The van der Waals surface area contributed by atoms with E-state index in [1.54, 1.807) is 0 Å². The zero-order valence-corrected chi connectivity index (χ0v) is 18.6. The lowest BCUT2D eigenvalue weighted by Gasteiger charge is -2.40. The average Bonchev–Trinajstić information content (AvgIpc) is 3.54. The molecule has 2 aliphatic heterocycles. The number of piperazine rings is 1. The number of benzene rings is 2. The third-order valence-electron chi connectivity index (χ3n) is 6.53. The largest absolute Gasteiger partial charge is 0.326 e. The summed E-state index contributed by atoms with van der Waals surface area (Å²) in [5.74, 6) is 0.322. The molecule has 1 saturated heterocycles. The molecular weight excluding hydrogens is 398 g/mol. The zero-order chi connectivity index (χ0) is 22.2. The minimum Gasteiger partial charge on any atom is -0.326 e. The summed E-state index contributed by atoms with van der Waals surface area (Å²) in [6, 6.07) is 16.7. The van der Waals surface area contributed by atoms with E-state index in [-0.39, 0.29) is 17.9 Å². The van der Waals surface area contributed by atoms with Gasteiger partial charge < -0.3 is 10.3 Å². The van der Waals surface area contributed by atoms with E-state index in [0.717, 1.165) is 49.3 Å². The quantitative estimate of drug-likeness (QED) is 0.758. The Morgan fingerprint density at radius 2 is 2.00 bits per heavy atom. The van der Waals surface area contributed by atoms with Gasteiger partial charge in [0, 0.05) is 36.9 Å². The Hall–Kier alpha value is -3.14. The standard InChI is InChI=1S/C26H29N5O/c1-17-3-10-23(24(11-17)28-26(32)21-8-9-21)25-12-22-16-30(14-18(2)31(22)29-25)15-20-6-4-19(13-27)5-7-20/h3-7,10-12,18,21,25,29H,8-9,14-16H2,1-2H3,(H,28,32). The molecule has 3 aliphatic rings. The van der Waals surface area contributed by atoms with E-state index in [4.69, 9.17) is 5.26 Å². The van der Waals surface area contributed by atoms with E-state index in [9.17, 15) is 4.79 Å². The van der Waals surface area contributed by atoms with E-state index in [1.165, 1.54) is 11.3 Å². The number of anilines is 1. The van der Waals surface area contributed by atoms with Gasteiger partial charge in [0.2, 0.25) is 5.91 Å². The molecule has 0 radical (unpaired) electrons. The van der Waals surface area contributed by atoms with Crippen molar-refractivity contribution in [2.24, 2.45) is 5.92 Å². The van der Waals surface area contributed by atoms with Crippen LogP contribution in [0.25, 0.3) is 0 Å². The second-order valence-corrected chi connectivity index (χ2v) is 9.32. The van der Waals surface area contributed by atoms with E-state index < -0.39 is 0 Å². The monoisotopic (exact) mass is 427 g/mol. The summed E-state index contributed by atoms with van der Waals surface area (Å²) in [7, 11) is 0. The maximum absolute atomic E-state index is 12.4. The highest BCUT2D eigenvalue weighted by molar-refractivity contribution is 5.95. The number of carbonyl (C=O) groups is 1. The molecule has 2 heterocycles. The molecule has 1 aliphatic carbocycles. The molecule has 0 bridgehead atoms. The Bertz CT molecular complexity index is 1100. The van der Waals surface area contributed by atoms with Crippen LogP contribution in [0.2, 0.25) is 0 Å². The number of fused-ring (bicyclic) bond motifs is 1. The van der Waals surface area contributed by atoms with Gasteiger partial charge in [0.15, 0.2) is 0 Å². The first kappa shape index (κ1) is 20.7. The maximum atomic E-state index is 12.4. The number of amides is 1. The molecule has 2 aromatic carbocycles. The van der Waals surface area contributed by atoms with Crippen molar-refractivity contribution in [1.29, 1.82) is 5.26 Å². The number of carbonyl (C=O) groups excluding carboxylic acids is 1. The summed E-state index contributed by atoms with van der Waals surface area (Å²) < 4.78 is 0. The van der Waals surface area contributed by atoms with Crippen molar-refractivity contribution in [3.63, 3.8) is 0 Å². The summed E-state index contributed by atoms with van der Waals surface area (Å²) in [6.07, 6.45) is 4.29. The van der Waals surface area contributed by atoms with Gasteiger partial charge in [-0.2, -0.15) is 5.26 Å². The van der Waals surface area contributed by atoms with Crippen LogP contribution in [0.1, 0.15) is 48.1 Å². The molecule has 6 heteroatoms. The Morgan fingerprint density at radius 1 is 1.22 bits per heavy atom. The summed E-state index contributed by atoms with van der Waals surface area (Å²) >= 11 is 0. The Morgan fingerprint density at radius 3 is 2.72 bits per heavy atom. The molecule has 2 atom stereocenters. The van der Waals surface area contributed by atoms with Gasteiger partial charge in [-0.15, -0.1) is 0 Å². The van der Waals surface area contributed by atoms with E-state index >= 15 is 0 Å². The third kappa shape index (κ3) is 4.27. The second-order valence-electron chi connectivity index (χ2n) is 9.32. The van der Waals surface area contributed by atoms with Crippen molar-refractivity contribution < 1.29 is 4.79 Å². The van der Waals surface area contributed by atoms with Crippen molar-refractivity contribution in [2.75, 3.05) is 18.4 Å². The Labute approximate surface area is 189 Å². The predicted octanol–water partition coefficient (Wildman–Crippen LogP) is 3.86. The summed E-state index contributed by atoms with van der Waals surface area (Å²) in [6.45, 7) is 6.97. The molecule has 32 heavy (non-hydrogen) atoms. The summed E-state index contributed by atoms with van der Waals surface area (Å²) in [5, 5.41) is 14.5. The molecule has 5 rings (SSSR count). The third-order valence-corrected chi connectivity index (χ3v) is 6.53. The van der Waals surface area contributed by atoms with Gasteiger partial charge in [0.25, 0.3) is 0 Å². The van der Waals surface area contributed by atoms with Gasteiger partial charge in [-0.1, -0.05) is 24.3 Å². The molecule has 164 valence electrons. The lowest BCUT2D eigenvalue weighted by atomic mass is 10.0. The van der Waals surface area contributed by atoms with Gasteiger partial charge in [0.1, 0.15) is 0 Å². The van der Waals surface area contributed by atoms with Gasteiger partial charge in [-0.05, 0) is 67.7 Å². The number of hydrogen-bond donors (Lipinski definition) is 2.